The van der Waals surface area contributed by atoms with Crippen LogP contribution in [0.3, 0.4) is 0 Å². The van der Waals surface area contributed by atoms with Crippen LogP contribution in [0.25, 0.3) is 0 Å². The molecule has 2 aromatic rings. The molecule has 2 amide bonds. The smallest absolute Gasteiger partial charge is 0.265 e. The Balaban J connectivity index is 2.22. The molecule has 4 N–H and O–H groups in total. The number of benzene rings is 2. The highest BCUT2D eigenvalue weighted by Crippen LogP contribution is 2.17. The van der Waals surface area contributed by atoms with E-state index in [0.29, 0.717) is 0 Å². The summed E-state index contributed by atoms with van der Waals surface area (Å²) in [6.07, 6.45) is 0. The van der Waals surface area contributed by atoms with Gasteiger partial charge >= 0.3 is 0 Å². The molecule has 0 atom stereocenters. The Morgan fingerprint density at radius 3 is 2.29 bits per heavy atom. The number of nitrogen functional groups attached to an aromatic ring is 1. The number of carbonyl (C=O) groups excluding carboxylic acids is 2. The van der Waals surface area contributed by atoms with E-state index in [0.717, 1.165) is 12.1 Å². The van der Waals surface area contributed by atoms with Crippen LogP contribution in [0.1, 0.15) is 20.7 Å². The minimum atomic E-state index is -0.833. The summed E-state index contributed by atoms with van der Waals surface area (Å²) in [4.78, 5) is 23.1. The molecule has 0 saturated carbocycles. The summed E-state index contributed by atoms with van der Waals surface area (Å²) >= 11 is 0. The molecule has 0 aromatic heterocycles. The molecule has 21 heavy (non-hydrogen) atoms. The number of rotatable bonds is 3. The molecule has 0 saturated heterocycles. The molecule has 0 heterocycles. The maximum Gasteiger partial charge on any atom is 0.265 e. The van der Waals surface area contributed by atoms with Crippen molar-refractivity contribution in [3.8, 4) is 0 Å². The van der Waals surface area contributed by atoms with E-state index in [1.807, 2.05) is 5.43 Å². The van der Waals surface area contributed by atoms with E-state index in [9.17, 15) is 18.4 Å². The zero-order valence-corrected chi connectivity index (χ0v) is 10.7. The van der Waals surface area contributed by atoms with Crippen LogP contribution in [0.15, 0.2) is 42.5 Å². The Bertz CT molecular complexity index is 704. The number of nitrogens with two attached hydrogens (primary N) is 1. The minimum Gasteiger partial charge on any atom is -0.319 e. The molecule has 0 aliphatic rings. The Hall–Kier alpha value is -2.80. The summed E-state index contributed by atoms with van der Waals surface area (Å²) in [5.41, 5.74) is 1.48. The SMILES string of the molecule is NNC(=O)c1ccc(NC(=O)c2ccccc2F)c(F)c1. The molecule has 0 bridgehead atoms. The first-order valence-electron chi connectivity index (χ1n) is 5.89. The Morgan fingerprint density at radius 2 is 1.67 bits per heavy atom. The van der Waals surface area contributed by atoms with Crippen molar-refractivity contribution in [2.75, 3.05) is 5.32 Å². The average Bonchev–Trinajstić information content (AvgIpc) is 2.48. The molecule has 108 valence electrons. The number of amides is 2. The Labute approximate surface area is 118 Å². The molecule has 7 heteroatoms. The van der Waals surface area contributed by atoms with Crippen molar-refractivity contribution in [2.45, 2.75) is 0 Å². The van der Waals surface area contributed by atoms with Gasteiger partial charge in [-0.2, -0.15) is 0 Å². The fourth-order valence-corrected chi connectivity index (χ4v) is 1.68. The second-order valence-electron chi connectivity index (χ2n) is 4.10. The van der Waals surface area contributed by atoms with Gasteiger partial charge < -0.3 is 5.32 Å². The van der Waals surface area contributed by atoms with Crippen molar-refractivity contribution in [1.29, 1.82) is 0 Å². The molecular formula is C14H11F2N3O2. The monoisotopic (exact) mass is 291 g/mol. The third-order valence-electron chi connectivity index (χ3n) is 2.73. The number of nitrogens with one attached hydrogen (secondary N) is 2. The van der Waals surface area contributed by atoms with Crippen LogP contribution in [-0.4, -0.2) is 11.8 Å². The van der Waals surface area contributed by atoms with Crippen molar-refractivity contribution in [1.82, 2.24) is 5.43 Å². The number of hydrazine groups is 1. The molecule has 0 aliphatic heterocycles. The van der Waals surface area contributed by atoms with Gasteiger partial charge in [-0.3, -0.25) is 15.0 Å². The first-order valence-corrected chi connectivity index (χ1v) is 5.89. The zero-order valence-electron chi connectivity index (χ0n) is 10.7. The highest BCUT2D eigenvalue weighted by atomic mass is 19.1. The molecule has 0 fully saturated rings. The lowest BCUT2D eigenvalue weighted by atomic mass is 10.1. The van der Waals surface area contributed by atoms with E-state index >= 15 is 0 Å². The lowest BCUT2D eigenvalue weighted by Crippen LogP contribution is -2.30. The van der Waals surface area contributed by atoms with Crippen LogP contribution < -0.4 is 16.6 Å². The number of halogens is 2. The topological polar surface area (TPSA) is 84.2 Å². The van der Waals surface area contributed by atoms with Gasteiger partial charge in [-0.25, -0.2) is 14.6 Å². The van der Waals surface area contributed by atoms with Crippen molar-refractivity contribution in [2.24, 2.45) is 5.84 Å². The van der Waals surface area contributed by atoms with Gasteiger partial charge in [-0.15, -0.1) is 0 Å². The third kappa shape index (κ3) is 3.21. The first kappa shape index (κ1) is 14.6. The molecule has 0 spiro atoms. The van der Waals surface area contributed by atoms with Gasteiger partial charge in [0.25, 0.3) is 11.8 Å². The predicted molar refractivity (Wildman–Crippen MR) is 72.4 cm³/mol. The van der Waals surface area contributed by atoms with E-state index in [2.05, 4.69) is 5.32 Å². The number of carbonyl (C=O) groups is 2. The van der Waals surface area contributed by atoms with Crippen LogP contribution in [-0.2, 0) is 0 Å². The first-order chi connectivity index (χ1) is 10.0. The highest BCUT2D eigenvalue weighted by Gasteiger charge is 2.14. The molecule has 0 unspecified atom stereocenters. The zero-order chi connectivity index (χ0) is 15.4. The van der Waals surface area contributed by atoms with E-state index in [4.69, 9.17) is 5.84 Å². The molecule has 5 nitrogen and oxygen atoms in total. The lowest BCUT2D eigenvalue weighted by Gasteiger charge is -2.08. The molecule has 0 aliphatic carbocycles. The largest absolute Gasteiger partial charge is 0.319 e. The van der Waals surface area contributed by atoms with Crippen LogP contribution in [0.4, 0.5) is 14.5 Å². The van der Waals surface area contributed by atoms with Gasteiger partial charge in [0.15, 0.2) is 0 Å². The number of hydrogen-bond donors (Lipinski definition) is 3. The van der Waals surface area contributed by atoms with Gasteiger partial charge in [0, 0.05) is 5.56 Å². The summed E-state index contributed by atoms with van der Waals surface area (Å²) in [5, 5.41) is 2.23. The summed E-state index contributed by atoms with van der Waals surface area (Å²) in [6, 6.07) is 8.72. The van der Waals surface area contributed by atoms with Crippen LogP contribution in [0, 0.1) is 11.6 Å². The van der Waals surface area contributed by atoms with Crippen LogP contribution >= 0.6 is 0 Å². The van der Waals surface area contributed by atoms with E-state index < -0.39 is 23.4 Å². The Kier molecular flexibility index (Phi) is 4.24. The summed E-state index contributed by atoms with van der Waals surface area (Å²) < 4.78 is 27.2. The molecule has 2 aromatic carbocycles. The fourth-order valence-electron chi connectivity index (χ4n) is 1.68. The predicted octanol–water partition coefficient (Wildman–Crippen LogP) is 1.82. The maximum absolute atomic E-state index is 13.8. The van der Waals surface area contributed by atoms with Gasteiger partial charge in [0.2, 0.25) is 0 Å². The van der Waals surface area contributed by atoms with Crippen molar-refractivity contribution >= 4 is 17.5 Å². The van der Waals surface area contributed by atoms with E-state index in [-0.39, 0.29) is 16.8 Å². The lowest BCUT2D eigenvalue weighted by molar-refractivity contribution is 0.0952. The normalized spacial score (nSPS) is 10.0. The van der Waals surface area contributed by atoms with E-state index in [1.165, 1.54) is 30.3 Å². The standard InChI is InChI=1S/C14H11F2N3O2/c15-10-4-2-1-3-9(10)14(21)18-12-6-5-8(7-11(12)16)13(20)19-17/h1-7H,17H2,(H,18,21)(H,19,20). The maximum atomic E-state index is 13.8. The Morgan fingerprint density at radius 1 is 0.952 bits per heavy atom. The third-order valence-corrected chi connectivity index (χ3v) is 2.73. The fraction of sp³-hybridized carbons (Fsp3) is 0. The van der Waals surface area contributed by atoms with Crippen molar-refractivity contribution in [3.05, 3.63) is 65.2 Å². The minimum absolute atomic E-state index is 0.00103. The summed E-state index contributed by atoms with van der Waals surface area (Å²) in [6.45, 7) is 0. The van der Waals surface area contributed by atoms with Crippen molar-refractivity contribution < 1.29 is 18.4 Å². The molecule has 0 radical (unpaired) electrons. The van der Waals surface area contributed by atoms with Gasteiger partial charge in [-0.05, 0) is 30.3 Å². The number of anilines is 1. The van der Waals surface area contributed by atoms with E-state index in [1.54, 1.807) is 0 Å². The average molecular weight is 291 g/mol. The van der Waals surface area contributed by atoms with Gasteiger partial charge in [0.05, 0.1) is 11.3 Å². The van der Waals surface area contributed by atoms with Crippen LogP contribution in [0.2, 0.25) is 0 Å². The van der Waals surface area contributed by atoms with Crippen LogP contribution in [0.5, 0.6) is 0 Å². The molecule has 2 rings (SSSR count). The second-order valence-corrected chi connectivity index (χ2v) is 4.10. The highest BCUT2D eigenvalue weighted by molar-refractivity contribution is 6.04. The van der Waals surface area contributed by atoms with Gasteiger partial charge in [0.1, 0.15) is 11.6 Å². The van der Waals surface area contributed by atoms with Gasteiger partial charge in [-0.1, -0.05) is 12.1 Å². The second kappa shape index (κ2) is 6.10. The number of hydrogen-bond acceptors (Lipinski definition) is 3. The molecular weight excluding hydrogens is 280 g/mol. The quantitative estimate of drug-likeness (QED) is 0.458. The van der Waals surface area contributed by atoms with Crippen molar-refractivity contribution in [3.63, 3.8) is 0 Å². The summed E-state index contributed by atoms with van der Waals surface area (Å²) in [5.74, 6) is 1.93. The summed E-state index contributed by atoms with van der Waals surface area (Å²) in [7, 11) is 0.